The number of imide groups is 2. The van der Waals surface area contributed by atoms with Gasteiger partial charge in [0, 0.05) is 30.8 Å². The van der Waals surface area contributed by atoms with E-state index in [1.54, 1.807) is 0 Å². The fourth-order valence-corrected chi connectivity index (χ4v) is 3.60. The molecule has 6 nitrogen and oxygen atoms in total. The van der Waals surface area contributed by atoms with Crippen molar-refractivity contribution < 1.29 is 19.2 Å². The van der Waals surface area contributed by atoms with Gasteiger partial charge in [0.05, 0.1) is 6.54 Å². The van der Waals surface area contributed by atoms with Gasteiger partial charge in [0.25, 0.3) is 23.6 Å². The first-order valence-corrected chi connectivity index (χ1v) is 11.2. The van der Waals surface area contributed by atoms with Gasteiger partial charge in [0.1, 0.15) is 0 Å². The van der Waals surface area contributed by atoms with Crippen molar-refractivity contribution in [3.05, 3.63) is 96.1 Å². The summed E-state index contributed by atoms with van der Waals surface area (Å²) in [5.74, 6) is -0.818. The molecular weight excluding hydrogens is 416 g/mol. The van der Waals surface area contributed by atoms with Crippen LogP contribution in [0.1, 0.15) is 36.8 Å². The highest BCUT2D eigenvalue weighted by Crippen LogP contribution is 2.11. The predicted octanol–water partition coefficient (Wildman–Crippen LogP) is 3.83. The fraction of sp³-hybridized carbons (Fsp3) is 0.259. The van der Waals surface area contributed by atoms with Crippen molar-refractivity contribution in [2.45, 2.75) is 38.6 Å². The summed E-state index contributed by atoms with van der Waals surface area (Å²) in [4.78, 5) is 47.6. The smallest absolute Gasteiger partial charge is 0.253 e. The number of unbranched alkanes of at least 4 members (excludes halogenated alkanes) is 3. The van der Waals surface area contributed by atoms with E-state index in [-0.39, 0.29) is 23.6 Å². The quantitative estimate of drug-likeness (QED) is 0.435. The Hall–Kier alpha value is -3.80. The van der Waals surface area contributed by atoms with E-state index in [0.29, 0.717) is 13.1 Å². The molecule has 2 heterocycles. The number of carbonyl (C=O) groups is 4. The number of hydrogen-bond donors (Lipinski definition) is 0. The molecule has 2 aromatic rings. The summed E-state index contributed by atoms with van der Waals surface area (Å²) >= 11 is 0. The maximum Gasteiger partial charge on any atom is 0.253 e. The highest BCUT2D eigenvalue weighted by molar-refractivity contribution is 6.13. The molecule has 6 heteroatoms. The minimum absolute atomic E-state index is 0.172. The highest BCUT2D eigenvalue weighted by atomic mass is 16.2. The first-order chi connectivity index (χ1) is 16.0. The van der Waals surface area contributed by atoms with Crippen LogP contribution in [0.15, 0.2) is 85.0 Å². The van der Waals surface area contributed by atoms with Crippen molar-refractivity contribution in [2.24, 2.45) is 0 Å². The van der Waals surface area contributed by atoms with E-state index in [0.717, 1.165) is 37.7 Å². The van der Waals surface area contributed by atoms with E-state index in [9.17, 15) is 19.2 Å². The molecule has 2 aliphatic rings. The third-order valence-corrected chi connectivity index (χ3v) is 5.42. The second-order valence-corrected chi connectivity index (χ2v) is 7.89. The standard InChI is InChI=1S/C16H19NO2.C11H9NO2/c18-15-11-12-16(19)17(15)13-7-2-1-4-8-14-9-5-3-6-10-14;13-10-6-7-11(14)12(10)8-9-4-2-1-3-5-9/h3,5-6,9-12H,1-2,4,7-8,13H2;1-7H,8H2. The van der Waals surface area contributed by atoms with Gasteiger partial charge in [-0.15, -0.1) is 0 Å². The number of nitrogens with zero attached hydrogens (tertiary/aromatic N) is 2. The molecule has 0 aliphatic carbocycles. The summed E-state index contributed by atoms with van der Waals surface area (Å²) in [5, 5.41) is 0. The van der Waals surface area contributed by atoms with Gasteiger partial charge in [0.2, 0.25) is 0 Å². The van der Waals surface area contributed by atoms with Gasteiger partial charge in [-0.25, -0.2) is 0 Å². The maximum absolute atomic E-state index is 11.3. The van der Waals surface area contributed by atoms with Gasteiger partial charge >= 0.3 is 0 Å². The summed E-state index contributed by atoms with van der Waals surface area (Å²) in [7, 11) is 0. The Bertz CT molecular complexity index is 993. The van der Waals surface area contributed by atoms with Crippen LogP contribution in [-0.4, -0.2) is 40.0 Å². The zero-order chi connectivity index (χ0) is 23.5. The van der Waals surface area contributed by atoms with Crippen molar-refractivity contribution >= 4 is 23.6 Å². The van der Waals surface area contributed by atoms with Gasteiger partial charge in [0.15, 0.2) is 0 Å². The molecule has 4 rings (SSSR count). The average Bonchev–Trinajstić information content (AvgIpc) is 3.33. The first-order valence-electron chi connectivity index (χ1n) is 11.2. The molecule has 0 radical (unpaired) electrons. The summed E-state index contributed by atoms with van der Waals surface area (Å²) in [6.07, 6.45) is 10.6. The van der Waals surface area contributed by atoms with Crippen molar-refractivity contribution in [1.29, 1.82) is 0 Å². The van der Waals surface area contributed by atoms with Crippen molar-refractivity contribution in [3.63, 3.8) is 0 Å². The van der Waals surface area contributed by atoms with Crippen molar-refractivity contribution in [3.8, 4) is 0 Å². The lowest BCUT2D eigenvalue weighted by Crippen LogP contribution is -2.30. The second-order valence-electron chi connectivity index (χ2n) is 7.89. The summed E-state index contributed by atoms with van der Waals surface area (Å²) in [6, 6.07) is 19.9. The Labute approximate surface area is 194 Å². The fourth-order valence-electron chi connectivity index (χ4n) is 3.60. The molecule has 0 aromatic heterocycles. The Kier molecular flexibility index (Phi) is 8.88. The average molecular weight is 445 g/mol. The van der Waals surface area contributed by atoms with Gasteiger partial charge in [-0.3, -0.25) is 29.0 Å². The van der Waals surface area contributed by atoms with Crippen LogP contribution in [0.2, 0.25) is 0 Å². The molecule has 2 aliphatic heterocycles. The van der Waals surface area contributed by atoms with E-state index in [1.807, 2.05) is 36.4 Å². The van der Waals surface area contributed by atoms with Crippen LogP contribution in [0, 0.1) is 0 Å². The van der Waals surface area contributed by atoms with Crippen LogP contribution in [-0.2, 0) is 32.1 Å². The molecule has 0 unspecified atom stereocenters. The molecule has 170 valence electrons. The first kappa shape index (κ1) is 23.9. The maximum atomic E-state index is 11.3. The van der Waals surface area contributed by atoms with Crippen LogP contribution >= 0.6 is 0 Å². The predicted molar refractivity (Wildman–Crippen MR) is 126 cm³/mol. The van der Waals surface area contributed by atoms with Crippen LogP contribution in [0.25, 0.3) is 0 Å². The molecule has 0 spiro atoms. The molecule has 0 N–H and O–H groups in total. The zero-order valence-electron chi connectivity index (χ0n) is 18.6. The summed E-state index contributed by atoms with van der Waals surface area (Å²) in [5.41, 5.74) is 2.33. The Balaban J connectivity index is 0.000000194. The van der Waals surface area contributed by atoms with Crippen LogP contribution in [0.3, 0.4) is 0 Å². The van der Waals surface area contributed by atoms with E-state index in [1.165, 1.54) is 39.7 Å². The van der Waals surface area contributed by atoms with Crippen molar-refractivity contribution in [2.75, 3.05) is 6.54 Å². The summed E-state index contributed by atoms with van der Waals surface area (Å²) in [6.45, 7) is 0.904. The number of amides is 4. The van der Waals surface area contributed by atoms with E-state index >= 15 is 0 Å². The molecule has 0 fully saturated rings. The third kappa shape index (κ3) is 7.38. The number of aryl methyl sites for hydroxylation is 1. The topological polar surface area (TPSA) is 74.8 Å². The number of benzene rings is 2. The molecule has 4 amide bonds. The van der Waals surface area contributed by atoms with Gasteiger partial charge in [-0.2, -0.15) is 0 Å². The van der Waals surface area contributed by atoms with Crippen LogP contribution < -0.4 is 0 Å². The second kappa shape index (κ2) is 12.3. The normalized spacial score (nSPS) is 14.8. The van der Waals surface area contributed by atoms with Crippen LogP contribution in [0.5, 0.6) is 0 Å². The van der Waals surface area contributed by atoms with Gasteiger partial charge in [-0.05, 0) is 30.4 Å². The van der Waals surface area contributed by atoms with Crippen molar-refractivity contribution in [1.82, 2.24) is 9.80 Å². The molecule has 0 saturated carbocycles. The molecule has 0 bridgehead atoms. The molecule has 33 heavy (non-hydrogen) atoms. The molecular formula is C27H28N2O4. The lowest BCUT2D eigenvalue weighted by Gasteiger charge is -2.13. The molecule has 2 aromatic carbocycles. The zero-order valence-corrected chi connectivity index (χ0v) is 18.6. The Morgan fingerprint density at radius 2 is 0.939 bits per heavy atom. The van der Waals surface area contributed by atoms with Gasteiger partial charge in [-0.1, -0.05) is 73.5 Å². The monoisotopic (exact) mass is 444 g/mol. The minimum atomic E-state index is -0.237. The van der Waals surface area contributed by atoms with E-state index in [4.69, 9.17) is 0 Å². The highest BCUT2D eigenvalue weighted by Gasteiger charge is 2.23. The lowest BCUT2D eigenvalue weighted by atomic mass is 10.1. The SMILES string of the molecule is O=C1C=CC(=O)N1CCCCCCc1ccccc1.O=C1C=CC(=O)N1Cc1ccccc1. The van der Waals surface area contributed by atoms with Gasteiger partial charge < -0.3 is 0 Å². The number of carbonyl (C=O) groups excluding carboxylic acids is 4. The minimum Gasteiger partial charge on any atom is -0.275 e. The summed E-state index contributed by atoms with van der Waals surface area (Å²) < 4.78 is 0. The largest absolute Gasteiger partial charge is 0.275 e. The van der Waals surface area contributed by atoms with Crippen LogP contribution in [0.4, 0.5) is 0 Å². The molecule has 0 saturated heterocycles. The third-order valence-electron chi connectivity index (χ3n) is 5.42. The lowest BCUT2D eigenvalue weighted by molar-refractivity contribution is -0.138. The number of hydrogen-bond acceptors (Lipinski definition) is 4. The Morgan fingerprint density at radius 1 is 0.485 bits per heavy atom. The number of rotatable bonds is 9. The van der Waals surface area contributed by atoms with E-state index in [2.05, 4.69) is 24.3 Å². The van der Waals surface area contributed by atoms with E-state index < -0.39 is 0 Å². The molecule has 0 atom stereocenters. The Morgan fingerprint density at radius 3 is 1.48 bits per heavy atom.